The largest absolute Gasteiger partial charge is 0.416 e. The normalized spacial score (nSPS) is 18.4. The lowest BCUT2D eigenvalue weighted by Crippen LogP contribution is -2.40. The van der Waals surface area contributed by atoms with Crippen molar-refractivity contribution in [2.24, 2.45) is 5.92 Å². The van der Waals surface area contributed by atoms with Crippen molar-refractivity contribution in [3.8, 4) is 10.6 Å². The first kappa shape index (κ1) is 23.2. The number of aryl methyl sites for hydroxylation is 1. The highest BCUT2D eigenvalue weighted by Gasteiger charge is 2.32. The Morgan fingerprint density at radius 3 is 2.87 bits per heavy atom. The van der Waals surface area contributed by atoms with Crippen molar-refractivity contribution in [3.63, 3.8) is 0 Å². The van der Waals surface area contributed by atoms with Gasteiger partial charge in [0.1, 0.15) is 5.01 Å². The SMILES string of the molecule is CCCCN1CCCC(C(=O)c2sc(-c3cc(C(F)(F)F)ccc3Cl)nc2C)CN1. The average molecular weight is 460 g/mol. The Morgan fingerprint density at radius 2 is 2.17 bits per heavy atom. The van der Waals surface area contributed by atoms with Gasteiger partial charge in [-0.2, -0.15) is 13.2 Å². The molecule has 0 bridgehead atoms. The van der Waals surface area contributed by atoms with Crippen LogP contribution in [0.4, 0.5) is 13.2 Å². The summed E-state index contributed by atoms with van der Waals surface area (Å²) in [6.45, 7) is 6.27. The number of nitrogens with zero attached hydrogens (tertiary/aromatic N) is 2. The van der Waals surface area contributed by atoms with Gasteiger partial charge in [-0.25, -0.2) is 9.99 Å². The maximum Gasteiger partial charge on any atom is 0.416 e. The van der Waals surface area contributed by atoms with Gasteiger partial charge in [-0.1, -0.05) is 24.9 Å². The highest BCUT2D eigenvalue weighted by molar-refractivity contribution is 7.17. The molecule has 1 aromatic carbocycles. The predicted octanol–water partition coefficient (Wildman–Crippen LogP) is 5.99. The summed E-state index contributed by atoms with van der Waals surface area (Å²) in [4.78, 5) is 18.0. The van der Waals surface area contributed by atoms with E-state index in [1.165, 1.54) is 6.07 Å². The highest BCUT2D eigenvalue weighted by Crippen LogP contribution is 2.38. The molecule has 1 unspecified atom stereocenters. The van der Waals surface area contributed by atoms with Crippen LogP contribution in [-0.4, -0.2) is 35.4 Å². The second-order valence-corrected chi connectivity index (χ2v) is 8.94. The van der Waals surface area contributed by atoms with E-state index < -0.39 is 11.7 Å². The van der Waals surface area contributed by atoms with Crippen molar-refractivity contribution in [3.05, 3.63) is 39.4 Å². The zero-order chi connectivity index (χ0) is 21.9. The van der Waals surface area contributed by atoms with E-state index in [9.17, 15) is 18.0 Å². The van der Waals surface area contributed by atoms with Gasteiger partial charge in [0.15, 0.2) is 5.78 Å². The Labute approximate surface area is 183 Å². The number of hydrogen-bond donors (Lipinski definition) is 1. The summed E-state index contributed by atoms with van der Waals surface area (Å²) in [5, 5.41) is 2.68. The zero-order valence-corrected chi connectivity index (χ0v) is 18.6. The monoisotopic (exact) mass is 459 g/mol. The maximum absolute atomic E-state index is 13.1. The van der Waals surface area contributed by atoms with Crippen LogP contribution in [0.15, 0.2) is 18.2 Å². The lowest BCUT2D eigenvalue weighted by atomic mass is 9.97. The van der Waals surface area contributed by atoms with Crippen LogP contribution in [0.5, 0.6) is 0 Å². The number of alkyl halides is 3. The van der Waals surface area contributed by atoms with Crippen molar-refractivity contribution >= 4 is 28.7 Å². The third-order valence-electron chi connectivity index (χ3n) is 5.24. The molecular weight excluding hydrogens is 435 g/mol. The topological polar surface area (TPSA) is 45.2 Å². The molecule has 0 spiro atoms. The maximum atomic E-state index is 13.1. The van der Waals surface area contributed by atoms with Crippen LogP contribution < -0.4 is 5.43 Å². The molecule has 4 nitrogen and oxygen atoms in total. The molecule has 0 radical (unpaired) electrons. The Bertz CT molecular complexity index is 900. The van der Waals surface area contributed by atoms with E-state index in [0.29, 0.717) is 22.1 Å². The number of benzene rings is 1. The Balaban J connectivity index is 1.80. The van der Waals surface area contributed by atoms with Crippen molar-refractivity contribution in [2.45, 2.75) is 45.7 Å². The molecule has 1 saturated heterocycles. The van der Waals surface area contributed by atoms with E-state index in [1.807, 2.05) is 0 Å². The number of rotatable bonds is 6. The first-order valence-corrected chi connectivity index (χ1v) is 11.3. The van der Waals surface area contributed by atoms with Gasteiger partial charge in [-0.05, 0) is 44.4 Å². The van der Waals surface area contributed by atoms with Crippen LogP contribution in [0.3, 0.4) is 0 Å². The van der Waals surface area contributed by atoms with Gasteiger partial charge in [0, 0.05) is 31.1 Å². The lowest BCUT2D eigenvalue weighted by molar-refractivity contribution is -0.137. The fourth-order valence-electron chi connectivity index (χ4n) is 3.50. The minimum absolute atomic E-state index is 0.0100. The minimum atomic E-state index is -4.47. The second kappa shape index (κ2) is 9.77. The molecule has 164 valence electrons. The number of nitrogens with one attached hydrogen (secondary N) is 1. The van der Waals surface area contributed by atoms with Crippen LogP contribution in [0.1, 0.15) is 53.5 Å². The highest BCUT2D eigenvalue weighted by atomic mass is 35.5. The van der Waals surface area contributed by atoms with E-state index in [1.54, 1.807) is 6.92 Å². The molecule has 1 fully saturated rings. The first-order valence-electron chi connectivity index (χ1n) is 10.1. The third kappa shape index (κ3) is 5.41. The molecule has 9 heteroatoms. The second-order valence-electron chi connectivity index (χ2n) is 7.53. The van der Waals surface area contributed by atoms with Gasteiger partial charge in [-0.15, -0.1) is 11.3 Å². The fraction of sp³-hybridized carbons (Fsp3) is 0.524. The number of carbonyl (C=O) groups excluding carboxylic acids is 1. The molecule has 0 aliphatic carbocycles. The first-order chi connectivity index (χ1) is 14.2. The van der Waals surface area contributed by atoms with Gasteiger partial charge in [0.2, 0.25) is 0 Å². The van der Waals surface area contributed by atoms with Crippen LogP contribution >= 0.6 is 22.9 Å². The number of aromatic nitrogens is 1. The number of halogens is 4. The number of unbranched alkanes of at least 4 members (excludes halogenated alkanes) is 1. The molecule has 2 heterocycles. The van der Waals surface area contributed by atoms with Crippen molar-refractivity contribution in [1.82, 2.24) is 15.4 Å². The predicted molar refractivity (Wildman–Crippen MR) is 114 cm³/mol. The third-order valence-corrected chi connectivity index (χ3v) is 6.77. The molecule has 30 heavy (non-hydrogen) atoms. The molecule has 0 saturated carbocycles. The van der Waals surface area contributed by atoms with Crippen molar-refractivity contribution < 1.29 is 18.0 Å². The van der Waals surface area contributed by atoms with E-state index in [2.05, 4.69) is 22.3 Å². The average Bonchev–Trinajstić information content (AvgIpc) is 2.92. The lowest BCUT2D eigenvalue weighted by Gasteiger charge is -2.20. The molecule has 1 aromatic heterocycles. The smallest absolute Gasteiger partial charge is 0.293 e. The van der Waals surface area contributed by atoms with Gasteiger partial charge in [0.05, 0.1) is 21.2 Å². The van der Waals surface area contributed by atoms with Crippen molar-refractivity contribution in [2.75, 3.05) is 19.6 Å². The summed E-state index contributed by atoms with van der Waals surface area (Å²) in [7, 11) is 0. The van der Waals surface area contributed by atoms with Gasteiger partial charge < -0.3 is 0 Å². The summed E-state index contributed by atoms with van der Waals surface area (Å²) >= 11 is 7.26. The van der Waals surface area contributed by atoms with Gasteiger partial charge in [0.25, 0.3) is 0 Å². The standard InChI is InChI=1S/C21H25ClF3N3OS/c1-3-4-9-28-10-5-6-14(12-26-28)18(29)19-13(2)27-20(30-19)16-11-15(21(23,24)25)7-8-17(16)22/h7-8,11,14,26H,3-6,9-10,12H2,1-2H3. The van der Waals surface area contributed by atoms with E-state index in [-0.39, 0.29) is 22.3 Å². The molecule has 0 amide bonds. The van der Waals surface area contributed by atoms with Gasteiger partial charge >= 0.3 is 6.18 Å². The zero-order valence-electron chi connectivity index (χ0n) is 17.0. The Kier molecular flexibility index (Phi) is 7.55. The minimum Gasteiger partial charge on any atom is -0.293 e. The summed E-state index contributed by atoms with van der Waals surface area (Å²) in [5.41, 5.74) is 3.30. The number of ketones is 1. The molecular formula is C21H25ClF3N3OS. The van der Waals surface area contributed by atoms with Crippen LogP contribution in [0.2, 0.25) is 5.02 Å². The number of Topliss-reactive ketones (excluding diaryl/α,β-unsaturated/α-hetero) is 1. The summed E-state index contributed by atoms with van der Waals surface area (Å²) in [5.74, 6) is -0.190. The number of hydrazine groups is 1. The molecule has 1 atom stereocenters. The number of carbonyl (C=O) groups is 1. The van der Waals surface area contributed by atoms with E-state index in [0.717, 1.165) is 62.2 Å². The molecule has 3 rings (SSSR count). The van der Waals surface area contributed by atoms with Gasteiger partial charge in [-0.3, -0.25) is 10.2 Å². The fourth-order valence-corrected chi connectivity index (χ4v) is 4.88. The van der Waals surface area contributed by atoms with Crippen LogP contribution in [-0.2, 0) is 6.18 Å². The quantitative estimate of drug-likeness (QED) is 0.539. The molecule has 1 N–H and O–H groups in total. The molecule has 1 aliphatic rings. The van der Waals surface area contributed by atoms with Crippen molar-refractivity contribution in [1.29, 1.82) is 0 Å². The Hall–Kier alpha value is -1.48. The molecule has 1 aliphatic heterocycles. The summed E-state index contributed by atoms with van der Waals surface area (Å²) in [6.07, 6.45) is -0.579. The van der Waals surface area contributed by atoms with E-state index in [4.69, 9.17) is 11.6 Å². The number of thiazole rings is 1. The summed E-state index contributed by atoms with van der Waals surface area (Å²) < 4.78 is 39.3. The van der Waals surface area contributed by atoms with Crippen LogP contribution in [0.25, 0.3) is 10.6 Å². The Morgan fingerprint density at radius 1 is 1.40 bits per heavy atom. The number of hydrogen-bond acceptors (Lipinski definition) is 5. The van der Waals surface area contributed by atoms with E-state index >= 15 is 0 Å². The molecule has 2 aromatic rings. The summed E-state index contributed by atoms with van der Waals surface area (Å²) in [6, 6.07) is 3.16. The van der Waals surface area contributed by atoms with Crippen LogP contribution in [0, 0.1) is 12.8 Å².